The molecule has 4 nitrogen and oxygen atoms in total. The monoisotopic (exact) mass is 408 g/mol. The van der Waals surface area contributed by atoms with Gasteiger partial charge in [-0.15, -0.1) is 0 Å². The molecule has 1 aliphatic carbocycles. The first kappa shape index (κ1) is 21.2. The van der Waals surface area contributed by atoms with E-state index >= 15 is 0 Å². The number of methoxy groups -OCH3 is 1. The number of ether oxygens (including phenoxy) is 1. The van der Waals surface area contributed by atoms with Crippen LogP contribution < -0.4 is 10.4 Å². The second-order valence-corrected chi connectivity index (χ2v) is 10.9. The molecule has 29 heavy (non-hydrogen) atoms. The van der Waals surface area contributed by atoms with Crippen LogP contribution >= 0.6 is 0 Å². The highest BCUT2D eigenvalue weighted by Crippen LogP contribution is 2.44. The van der Waals surface area contributed by atoms with E-state index < -0.39 is 31.9 Å². The Kier molecular flexibility index (Phi) is 6.20. The van der Waals surface area contributed by atoms with Gasteiger partial charge in [-0.3, -0.25) is 9.59 Å². The average molecular weight is 409 g/mol. The quantitative estimate of drug-likeness (QED) is 0.419. The second kappa shape index (κ2) is 8.47. The third-order valence-corrected chi connectivity index (χ3v) is 7.93. The molecule has 2 atom stereocenters. The molecule has 0 aliphatic heterocycles. The normalized spacial score (nSPS) is 20.1. The molecule has 5 heteroatoms. The van der Waals surface area contributed by atoms with Crippen molar-refractivity contribution in [2.45, 2.75) is 33.3 Å². The van der Waals surface area contributed by atoms with Crippen LogP contribution in [0.5, 0.6) is 0 Å². The summed E-state index contributed by atoms with van der Waals surface area (Å²) in [6, 6.07) is 20.2. The molecule has 2 aromatic carbocycles. The van der Waals surface area contributed by atoms with Gasteiger partial charge in [0.05, 0.1) is 13.2 Å². The fraction of sp³-hybridized carbons (Fsp3) is 0.333. The summed E-state index contributed by atoms with van der Waals surface area (Å²) < 4.78 is 12.0. The van der Waals surface area contributed by atoms with Crippen LogP contribution in [0.4, 0.5) is 0 Å². The van der Waals surface area contributed by atoms with Crippen LogP contribution in [0.1, 0.15) is 27.2 Å². The predicted octanol–water partition coefficient (Wildman–Crippen LogP) is 2.64. The molecule has 0 spiro atoms. The average Bonchev–Trinajstić information content (AvgIpc) is 3.10. The molecule has 0 N–H and O–H groups in total. The molecule has 0 heterocycles. The minimum Gasteiger partial charge on any atom is -0.468 e. The lowest BCUT2D eigenvalue weighted by atomic mass is 9.68. The molecule has 2 unspecified atom stereocenters. The first-order valence-corrected chi connectivity index (χ1v) is 11.5. The molecule has 3 rings (SSSR count). The van der Waals surface area contributed by atoms with Gasteiger partial charge in [0.15, 0.2) is 11.2 Å². The van der Waals surface area contributed by atoms with Gasteiger partial charge in [-0.1, -0.05) is 87.5 Å². The largest absolute Gasteiger partial charge is 0.468 e. The summed E-state index contributed by atoms with van der Waals surface area (Å²) in [6.07, 6.45) is 2.91. The van der Waals surface area contributed by atoms with Crippen LogP contribution in [-0.2, 0) is 18.8 Å². The Labute approximate surface area is 174 Å². The molecule has 0 saturated heterocycles. The maximum atomic E-state index is 13.0. The Hall–Kier alpha value is -2.50. The van der Waals surface area contributed by atoms with E-state index in [1.165, 1.54) is 13.2 Å². The summed E-state index contributed by atoms with van der Waals surface area (Å²) in [6.45, 7) is 6.03. The standard InChI is InChI=1S/C24H28O4Si/c1-23(2,3)21(24(22(26)27-4)17-11-16-20(24)25)28-29(18-12-7-5-8-13-18)19-14-9-6-10-15-19/h5-16,21,29H,17H2,1-4H3. The molecule has 152 valence electrons. The highest BCUT2D eigenvalue weighted by Gasteiger charge is 2.58. The van der Waals surface area contributed by atoms with Crippen LogP contribution in [0.3, 0.4) is 0 Å². The van der Waals surface area contributed by atoms with Crippen molar-refractivity contribution in [3.05, 3.63) is 72.8 Å². The van der Waals surface area contributed by atoms with E-state index in [2.05, 4.69) is 24.3 Å². The molecule has 2 aromatic rings. The summed E-state index contributed by atoms with van der Waals surface area (Å²) in [5.74, 6) is -0.764. The first-order valence-electron chi connectivity index (χ1n) is 9.85. The van der Waals surface area contributed by atoms with E-state index in [1.807, 2.05) is 57.2 Å². The SMILES string of the molecule is COC(=O)C1(C(O[SiH](c2ccccc2)c2ccccc2)C(C)(C)C)CC=CC1=O. The van der Waals surface area contributed by atoms with Crippen molar-refractivity contribution in [1.82, 2.24) is 0 Å². The predicted molar refractivity (Wildman–Crippen MR) is 117 cm³/mol. The minimum atomic E-state index is -2.18. The maximum Gasteiger partial charge on any atom is 0.322 e. The number of hydrogen-bond donors (Lipinski definition) is 0. The number of hydrogen-bond acceptors (Lipinski definition) is 4. The minimum absolute atomic E-state index is 0.238. The molecule has 0 amide bonds. The molecular formula is C24H28O4Si. The van der Waals surface area contributed by atoms with Crippen LogP contribution in [0.15, 0.2) is 72.8 Å². The van der Waals surface area contributed by atoms with Crippen molar-refractivity contribution in [1.29, 1.82) is 0 Å². The van der Waals surface area contributed by atoms with E-state index in [9.17, 15) is 9.59 Å². The Morgan fingerprint density at radius 1 is 1.00 bits per heavy atom. The topological polar surface area (TPSA) is 52.6 Å². The van der Waals surface area contributed by atoms with Crippen molar-refractivity contribution in [2.24, 2.45) is 10.8 Å². The van der Waals surface area contributed by atoms with Crippen LogP contribution in [-0.4, -0.2) is 34.0 Å². The van der Waals surface area contributed by atoms with Gasteiger partial charge in [0.25, 0.3) is 0 Å². The molecule has 0 saturated carbocycles. The van der Waals surface area contributed by atoms with E-state index in [-0.39, 0.29) is 5.78 Å². The van der Waals surface area contributed by atoms with Crippen LogP contribution in [0.25, 0.3) is 0 Å². The van der Waals surface area contributed by atoms with Gasteiger partial charge >= 0.3 is 5.97 Å². The lowest BCUT2D eigenvalue weighted by molar-refractivity contribution is -0.167. The number of rotatable bonds is 6. The maximum absolute atomic E-state index is 13.0. The van der Waals surface area contributed by atoms with Gasteiger partial charge in [-0.25, -0.2) is 0 Å². The van der Waals surface area contributed by atoms with Crippen LogP contribution in [0.2, 0.25) is 0 Å². The first-order chi connectivity index (χ1) is 13.8. The number of benzene rings is 2. The zero-order chi connectivity index (χ0) is 21.1. The number of allylic oxidation sites excluding steroid dienone is 2. The van der Waals surface area contributed by atoms with Gasteiger partial charge < -0.3 is 9.16 Å². The van der Waals surface area contributed by atoms with Crippen molar-refractivity contribution < 1.29 is 18.8 Å². The van der Waals surface area contributed by atoms with Gasteiger partial charge in [0.2, 0.25) is 9.04 Å². The molecule has 0 aromatic heterocycles. The zero-order valence-electron chi connectivity index (χ0n) is 17.4. The summed E-state index contributed by atoms with van der Waals surface area (Å²) in [5.41, 5.74) is -1.80. The van der Waals surface area contributed by atoms with Gasteiger partial charge in [0, 0.05) is 0 Å². The molecule has 0 bridgehead atoms. The number of ketones is 1. The molecular weight excluding hydrogens is 380 g/mol. The lowest BCUT2D eigenvalue weighted by Gasteiger charge is -2.43. The smallest absolute Gasteiger partial charge is 0.322 e. The summed E-state index contributed by atoms with van der Waals surface area (Å²) >= 11 is 0. The van der Waals surface area contributed by atoms with E-state index in [0.29, 0.717) is 6.42 Å². The second-order valence-electron chi connectivity index (χ2n) is 8.52. The highest BCUT2D eigenvalue weighted by atomic mass is 28.3. The van der Waals surface area contributed by atoms with E-state index in [4.69, 9.17) is 9.16 Å². The van der Waals surface area contributed by atoms with Gasteiger partial charge in [0.1, 0.15) is 0 Å². The third kappa shape index (κ3) is 4.11. The van der Waals surface area contributed by atoms with E-state index in [1.54, 1.807) is 6.08 Å². The van der Waals surface area contributed by atoms with Crippen LogP contribution in [0, 0.1) is 10.8 Å². The third-order valence-electron chi connectivity index (χ3n) is 5.41. The Bertz CT molecular complexity index is 847. The Morgan fingerprint density at radius 3 is 1.90 bits per heavy atom. The number of carbonyl (C=O) groups excluding carboxylic acids is 2. The Morgan fingerprint density at radius 2 is 1.52 bits per heavy atom. The number of carbonyl (C=O) groups is 2. The molecule has 0 fully saturated rings. The summed E-state index contributed by atoms with van der Waals surface area (Å²) in [7, 11) is -0.843. The fourth-order valence-electron chi connectivity index (χ4n) is 4.11. The number of esters is 1. The summed E-state index contributed by atoms with van der Waals surface area (Å²) in [5, 5.41) is 2.21. The van der Waals surface area contributed by atoms with Crippen molar-refractivity contribution in [3.63, 3.8) is 0 Å². The van der Waals surface area contributed by atoms with Crippen molar-refractivity contribution in [3.8, 4) is 0 Å². The highest BCUT2D eigenvalue weighted by molar-refractivity contribution is 6.80. The van der Waals surface area contributed by atoms with Gasteiger partial charge in [-0.05, 0) is 28.3 Å². The fourth-order valence-corrected chi connectivity index (χ4v) is 6.87. The molecule has 1 aliphatic rings. The lowest BCUT2D eigenvalue weighted by Crippen LogP contribution is -2.59. The van der Waals surface area contributed by atoms with Gasteiger partial charge in [-0.2, -0.15) is 0 Å². The molecule has 0 radical (unpaired) electrons. The van der Waals surface area contributed by atoms with E-state index in [0.717, 1.165) is 10.4 Å². The zero-order valence-corrected chi connectivity index (χ0v) is 18.6. The van der Waals surface area contributed by atoms with Crippen molar-refractivity contribution >= 4 is 31.2 Å². The Balaban J connectivity index is 2.11. The summed E-state index contributed by atoms with van der Waals surface area (Å²) in [4.78, 5) is 25.9. The van der Waals surface area contributed by atoms with Crippen molar-refractivity contribution in [2.75, 3.05) is 7.11 Å².